The molecule has 0 amide bonds. The van der Waals surface area contributed by atoms with Gasteiger partial charge in [0.1, 0.15) is 0 Å². The minimum Gasteiger partial charge on any atom is -0.198 e. The molecule has 0 aromatic carbocycles. The maximum absolute atomic E-state index is 13.0. The highest BCUT2D eigenvalue weighted by Gasteiger charge is 2.94. The molecular weight excluding hydrogens is 778 g/mol. The summed E-state index contributed by atoms with van der Waals surface area (Å²) in [6.07, 6.45) is 5.48. The number of nitriles is 2. The van der Waals surface area contributed by atoms with E-state index < -0.39 is 88.6 Å². The van der Waals surface area contributed by atoms with Gasteiger partial charge in [0, 0.05) is 58.0 Å². The third-order valence-electron chi connectivity index (χ3n) is 4.01. The van der Waals surface area contributed by atoms with Crippen LogP contribution in [0.2, 0.25) is 0 Å². The van der Waals surface area contributed by atoms with Crippen molar-refractivity contribution in [2.45, 2.75) is 81.9 Å². The SMILES string of the molecule is FC(F)(I)C(F)(F)C(F)(F)C(F)(F)C(F)(F)C(F)(F)C(F)(F)C(F)(F)I.N#CCCCCCCC#N. The summed E-state index contributed by atoms with van der Waals surface area (Å²) in [4.78, 5) is 0. The molecule has 0 rings (SSSR count). The summed E-state index contributed by atoms with van der Waals surface area (Å²) in [7, 11) is 0. The summed E-state index contributed by atoms with van der Waals surface area (Å²) in [6.45, 7) is 0. The van der Waals surface area contributed by atoms with Crippen LogP contribution in [0, 0.1) is 22.7 Å². The highest BCUT2D eigenvalue weighted by molar-refractivity contribution is 14.1. The van der Waals surface area contributed by atoms with Gasteiger partial charge >= 0.3 is 43.4 Å². The molecule has 0 atom stereocenters. The Kier molecular flexibility index (Phi) is 13.0. The first-order valence-corrected chi connectivity index (χ1v) is 11.0. The van der Waals surface area contributed by atoms with Crippen molar-refractivity contribution in [2.75, 3.05) is 0 Å². The van der Waals surface area contributed by atoms with Gasteiger partial charge in [0.15, 0.2) is 0 Å². The average Bonchev–Trinajstić information content (AvgIpc) is 2.68. The molecule has 0 radical (unpaired) electrons. The summed E-state index contributed by atoms with van der Waals surface area (Å²) in [6, 6.07) is 4.19. The largest absolute Gasteiger partial charge is 0.387 e. The van der Waals surface area contributed by atoms with Crippen molar-refractivity contribution < 1.29 is 70.2 Å². The number of hydrogen-bond acceptors (Lipinski definition) is 2. The van der Waals surface area contributed by atoms with Gasteiger partial charge in [0.2, 0.25) is 0 Å². The topological polar surface area (TPSA) is 47.6 Å². The minimum absolute atomic E-state index is 0.659. The summed E-state index contributed by atoms with van der Waals surface area (Å²) in [5.41, 5.74) is 0. The van der Waals surface area contributed by atoms with Gasteiger partial charge in [-0.3, -0.25) is 0 Å². The lowest BCUT2D eigenvalue weighted by Gasteiger charge is -2.42. The molecule has 0 aromatic heterocycles. The molecule has 0 aliphatic carbocycles. The van der Waals surface area contributed by atoms with Crippen LogP contribution >= 0.6 is 45.2 Å². The number of alkyl halides is 18. The molecule has 0 bridgehead atoms. The first-order valence-electron chi connectivity index (χ1n) is 8.81. The van der Waals surface area contributed by atoms with Crippen molar-refractivity contribution in [1.29, 1.82) is 10.5 Å². The standard InChI is InChI=1S/C8F16I2.C8H12N2/c9-1(10,3(13,14)5(17,18)7(21,22)25)2(11,12)4(15,16)6(19,20)8(23,24)26;9-7-5-3-1-2-4-6-8-10/h;1-6H2. The second-order valence-electron chi connectivity index (χ2n) is 6.67. The smallest absolute Gasteiger partial charge is 0.198 e. The third-order valence-corrected chi connectivity index (χ3v) is 5.37. The van der Waals surface area contributed by atoms with Crippen molar-refractivity contribution >= 4 is 45.2 Å². The number of rotatable bonds is 12. The highest BCUT2D eigenvalue weighted by Crippen LogP contribution is 2.64. The van der Waals surface area contributed by atoms with Gasteiger partial charge in [-0.2, -0.15) is 80.8 Å². The van der Waals surface area contributed by atoms with Crippen LogP contribution in [0.5, 0.6) is 0 Å². The Morgan fingerprint density at radius 3 is 0.750 bits per heavy atom. The molecular formula is C16H12F16I2N2. The molecule has 36 heavy (non-hydrogen) atoms. The van der Waals surface area contributed by atoms with Crippen molar-refractivity contribution in [1.82, 2.24) is 0 Å². The van der Waals surface area contributed by atoms with E-state index in [1.54, 1.807) is 0 Å². The second kappa shape index (κ2) is 12.5. The van der Waals surface area contributed by atoms with Gasteiger partial charge in [0.05, 0.1) is 12.1 Å². The van der Waals surface area contributed by atoms with Gasteiger partial charge in [-0.25, -0.2) is 0 Å². The van der Waals surface area contributed by atoms with E-state index in [2.05, 4.69) is 12.1 Å². The monoisotopic (exact) mass is 790 g/mol. The third kappa shape index (κ3) is 7.24. The lowest BCUT2D eigenvalue weighted by Crippen LogP contribution is -2.73. The van der Waals surface area contributed by atoms with Crippen LogP contribution in [0.15, 0.2) is 0 Å². The van der Waals surface area contributed by atoms with Gasteiger partial charge in [-0.1, -0.05) is 12.8 Å². The summed E-state index contributed by atoms with van der Waals surface area (Å²) in [5, 5.41) is 16.3. The van der Waals surface area contributed by atoms with Crippen molar-refractivity contribution in [3.8, 4) is 12.1 Å². The Morgan fingerprint density at radius 1 is 0.389 bits per heavy atom. The average molecular weight is 790 g/mol. The second-order valence-corrected chi connectivity index (χ2v) is 9.38. The minimum atomic E-state index is -8.33. The van der Waals surface area contributed by atoms with Crippen LogP contribution in [0.25, 0.3) is 0 Å². The Hall–Kier alpha value is -0.680. The maximum atomic E-state index is 13.0. The molecule has 0 saturated heterocycles. The van der Waals surface area contributed by atoms with Crippen molar-refractivity contribution in [2.24, 2.45) is 0 Å². The van der Waals surface area contributed by atoms with Crippen LogP contribution < -0.4 is 0 Å². The predicted octanol–water partition coefficient (Wildman–Crippen LogP) is 9.23. The highest BCUT2D eigenvalue weighted by atomic mass is 127. The van der Waals surface area contributed by atoms with Crippen LogP contribution in [-0.4, -0.2) is 43.4 Å². The lowest BCUT2D eigenvalue weighted by atomic mass is 9.91. The van der Waals surface area contributed by atoms with E-state index in [4.69, 9.17) is 10.5 Å². The number of halogens is 18. The molecule has 0 spiro atoms. The number of unbranched alkanes of at least 4 members (excludes halogenated alkanes) is 5. The lowest BCUT2D eigenvalue weighted by molar-refractivity contribution is -0.441. The van der Waals surface area contributed by atoms with E-state index in [0.29, 0.717) is 12.8 Å². The summed E-state index contributed by atoms with van der Waals surface area (Å²) < 4.78 is 192. The fourth-order valence-corrected chi connectivity index (χ4v) is 2.58. The van der Waals surface area contributed by atoms with Crippen molar-refractivity contribution in [3.63, 3.8) is 0 Å². The fourth-order valence-electron chi connectivity index (χ4n) is 1.91. The summed E-state index contributed by atoms with van der Waals surface area (Å²) in [5.74, 6) is -47.8. The van der Waals surface area contributed by atoms with Crippen LogP contribution in [0.3, 0.4) is 0 Å². The molecule has 20 heteroatoms. The van der Waals surface area contributed by atoms with E-state index in [0.717, 1.165) is 25.7 Å². The predicted molar refractivity (Wildman–Crippen MR) is 107 cm³/mol. The van der Waals surface area contributed by atoms with Gasteiger partial charge in [-0.15, -0.1) is 0 Å². The molecule has 0 aliphatic heterocycles. The zero-order valence-electron chi connectivity index (χ0n) is 16.9. The van der Waals surface area contributed by atoms with Crippen LogP contribution in [-0.2, 0) is 0 Å². The first kappa shape index (κ1) is 37.5. The normalized spacial score (nSPS) is 14.4. The molecule has 0 saturated carbocycles. The first-order chi connectivity index (χ1) is 15.7. The molecule has 212 valence electrons. The molecule has 0 fully saturated rings. The van der Waals surface area contributed by atoms with Crippen LogP contribution in [0.1, 0.15) is 38.5 Å². The molecule has 0 aliphatic rings. The zero-order valence-corrected chi connectivity index (χ0v) is 21.3. The summed E-state index contributed by atoms with van der Waals surface area (Å²) >= 11 is -1.87. The Balaban J connectivity index is 0. The Morgan fingerprint density at radius 2 is 0.583 bits per heavy atom. The van der Waals surface area contributed by atoms with E-state index >= 15 is 0 Å². The molecule has 0 heterocycles. The zero-order chi connectivity index (χ0) is 29.7. The molecule has 0 aromatic rings. The quantitative estimate of drug-likeness (QED) is 0.0858. The molecule has 0 unspecified atom stereocenters. The van der Waals surface area contributed by atoms with Gasteiger partial charge in [0.25, 0.3) is 0 Å². The Bertz CT molecular complexity index is 724. The maximum Gasteiger partial charge on any atom is 0.387 e. The molecule has 0 N–H and O–H groups in total. The van der Waals surface area contributed by atoms with Crippen LogP contribution in [0.4, 0.5) is 70.2 Å². The molecule has 2 nitrogen and oxygen atoms in total. The van der Waals surface area contributed by atoms with Gasteiger partial charge in [-0.05, 0) is 12.8 Å². The van der Waals surface area contributed by atoms with Gasteiger partial charge < -0.3 is 0 Å². The van der Waals surface area contributed by atoms with E-state index in [9.17, 15) is 70.2 Å². The number of nitrogens with zero attached hydrogens (tertiary/aromatic N) is 2. The van der Waals surface area contributed by atoms with E-state index in [-0.39, 0.29) is 0 Å². The number of hydrogen-bond donors (Lipinski definition) is 0. The Labute approximate surface area is 219 Å². The van der Waals surface area contributed by atoms with E-state index in [1.807, 2.05) is 0 Å². The van der Waals surface area contributed by atoms with E-state index in [1.165, 1.54) is 0 Å². The fraction of sp³-hybridized carbons (Fsp3) is 0.875. The van der Waals surface area contributed by atoms with Crippen molar-refractivity contribution in [3.05, 3.63) is 0 Å².